The van der Waals surface area contributed by atoms with Crippen molar-refractivity contribution < 1.29 is 19.8 Å². The number of unbranched alkanes of at least 4 members (excludes halogenated alkanes) is 7. The first-order valence-corrected chi connectivity index (χ1v) is 8.34. The fourth-order valence-electron chi connectivity index (χ4n) is 2.20. The highest BCUT2D eigenvalue weighted by Crippen LogP contribution is 2.10. The minimum absolute atomic E-state index is 0.253. The molecule has 22 heavy (non-hydrogen) atoms. The zero-order chi connectivity index (χ0) is 16.6. The van der Waals surface area contributed by atoms with Crippen molar-refractivity contribution >= 4 is 11.9 Å². The van der Waals surface area contributed by atoms with Crippen molar-refractivity contribution in [2.75, 3.05) is 0 Å². The van der Waals surface area contributed by atoms with Gasteiger partial charge in [0, 0.05) is 0 Å². The van der Waals surface area contributed by atoms with E-state index in [2.05, 4.69) is 13.0 Å². The molecule has 0 saturated heterocycles. The minimum atomic E-state index is -1.07. The fraction of sp³-hybridized carbons (Fsp3) is 0.667. The number of carboxylic acids is 2. The van der Waals surface area contributed by atoms with E-state index in [4.69, 9.17) is 10.2 Å². The molecule has 0 aromatic heterocycles. The summed E-state index contributed by atoms with van der Waals surface area (Å²) in [5, 5.41) is 17.5. The Morgan fingerprint density at radius 3 is 2.09 bits per heavy atom. The number of allylic oxidation sites excluding steroid dienone is 4. The molecule has 0 fully saturated rings. The normalized spacial score (nSPS) is 13.0. The second-order valence-corrected chi connectivity index (χ2v) is 5.64. The number of carbonyl (C=O) groups is 2. The summed E-state index contributed by atoms with van der Waals surface area (Å²) < 4.78 is 0. The second kappa shape index (κ2) is 14.4. The summed E-state index contributed by atoms with van der Waals surface area (Å²) in [6, 6.07) is 0. The van der Waals surface area contributed by atoms with E-state index in [1.807, 2.05) is 6.08 Å². The zero-order valence-corrected chi connectivity index (χ0v) is 13.7. The lowest BCUT2D eigenvalue weighted by atomic mass is 10.0. The predicted molar refractivity (Wildman–Crippen MR) is 88.9 cm³/mol. The van der Waals surface area contributed by atoms with Gasteiger partial charge in [-0.3, -0.25) is 9.59 Å². The third-order valence-electron chi connectivity index (χ3n) is 3.55. The van der Waals surface area contributed by atoms with Crippen LogP contribution in [-0.4, -0.2) is 22.2 Å². The van der Waals surface area contributed by atoms with Gasteiger partial charge in [-0.2, -0.15) is 0 Å². The van der Waals surface area contributed by atoms with Gasteiger partial charge < -0.3 is 10.2 Å². The Labute approximate surface area is 133 Å². The van der Waals surface area contributed by atoms with Crippen LogP contribution in [0.25, 0.3) is 0 Å². The first-order valence-electron chi connectivity index (χ1n) is 8.34. The van der Waals surface area contributed by atoms with Gasteiger partial charge in [0.2, 0.25) is 0 Å². The first-order chi connectivity index (χ1) is 10.6. The Morgan fingerprint density at radius 2 is 1.50 bits per heavy atom. The average molecular weight is 310 g/mol. The highest BCUT2D eigenvalue weighted by atomic mass is 16.4. The average Bonchev–Trinajstić information content (AvgIpc) is 2.46. The number of hydrogen-bond donors (Lipinski definition) is 2. The first kappa shape index (κ1) is 20.4. The second-order valence-electron chi connectivity index (χ2n) is 5.64. The zero-order valence-electron chi connectivity index (χ0n) is 13.7. The molecule has 0 amide bonds. The number of aliphatic carboxylic acids is 2. The van der Waals surface area contributed by atoms with E-state index in [1.54, 1.807) is 12.2 Å². The lowest BCUT2D eigenvalue weighted by Gasteiger charge is -2.05. The highest BCUT2D eigenvalue weighted by molar-refractivity contribution is 5.77. The van der Waals surface area contributed by atoms with E-state index in [0.29, 0.717) is 0 Å². The molecule has 2 N–H and O–H groups in total. The van der Waals surface area contributed by atoms with Crippen LogP contribution in [0.4, 0.5) is 0 Å². The summed E-state index contributed by atoms with van der Waals surface area (Å²) in [5.74, 6) is -2.97. The Bertz CT molecular complexity index is 358. The van der Waals surface area contributed by atoms with Gasteiger partial charge in [0.1, 0.15) is 0 Å². The van der Waals surface area contributed by atoms with Crippen LogP contribution in [0.2, 0.25) is 0 Å². The smallest absolute Gasteiger partial charge is 0.307 e. The third-order valence-corrected chi connectivity index (χ3v) is 3.55. The molecule has 0 aromatic carbocycles. The van der Waals surface area contributed by atoms with Gasteiger partial charge in [0.25, 0.3) is 0 Å². The summed E-state index contributed by atoms with van der Waals surface area (Å²) in [4.78, 5) is 21.4. The summed E-state index contributed by atoms with van der Waals surface area (Å²) in [6.45, 7) is 2.22. The van der Waals surface area contributed by atoms with Crippen molar-refractivity contribution in [1.29, 1.82) is 0 Å². The van der Waals surface area contributed by atoms with E-state index < -0.39 is 17.9 Å². The maximum Gasteiger partial charge on any atom is 0.307 e. The molecule has 4 heteroatoms. The molecule has 0 radical (unpaired) electrons. The number of hydrogen-bond acceptors (Lipinski definition) is 2. The highest BCUT2D eigenvalue weighted by Gasteiger charge is 2.18. The minimum Gasteiger partial charge on any atom is -0.481 e. The monoisotopic (exact) mass is 310 g/mol. The van der Waals surface area contributed by atoms with E-state index in [-0.39, 0.29) is 12.8 Å². The largest absolute Gasteiger partial charge is 0.481 e. The molecule has 0 aliphatic rings. The van der Waals surface area contributed by atoms with Crippen LogP contribution in [0.15, 0.2) is 24.3 Å². The van der Waals surface area contributed by atoms with Crippen LogP contribution in [0.5, 0.6) is 0 Å². The Hall–Kier alpha value is -1.58. The van der Waals surface area contributed by atoms with Crippen molar-refractivity contribution in [3.63, 3.8) is 0 Å². The van der Waals surface area contributed by atoms with Crippen LogP contribution in [0, 0.1) is 5.92 Å². The maximum absolute atomic E-state index is 10.9. The van der Waals surface area contributed by atoms with Crippen molar-refractivity contribution in [3.05, 3.63) is 24.3 Å². The molecule has 1 atom stereocenters. The van der Waals surface area contributed by atoms with E-state index >= 15 is 0 Å². The van der Waals surface area contributed by atoms with Gasteiger partial charge in [-0.05, 0) is 19.3 Å². The van der Waals surface area contributed by atoms with Crippen molar-refractivity contribution in [1.82, 2.24) is 0 Å². The van der Waals surface area contributed by atoms with E-state index in [9.17, 15) is 9.59 Å². The van der Waals surface area contributed by atoms with Crippen LogP contribution in [0.1, 0.15) is 71.1 Å². The number of carboxylic acid groups (broad SMARTS) is 2. The van der Waals surface area contributed by atoms with Crippen LogP contribution in [0.3, 0.4) is 0 Å². The molecule has 0 heterocycles. The molecule has 0 aliphatic heterocycles. The summed E-state index contributed by atoms with van der Waals surface area (Å²) >= 11 is 0. The lowest BCUT2D eigenvalue weighted by molar-refractivity contribution is -0.148. The molecule has 126 valence electrons. The van der Waals surface area contributed by atoms with Gasteiger partial charge in [-0.25, -0.2) is 0 Å². The molecule has 0 aromatic rings. The molecule has 0 bridgehead atoms. The van der Waals surface area contributed by atoms with Gasteiger partial charge in [0.15, 0.2) is 0 Å². The quantitative estimate of drug-likeness (QED) is 0.357. The molecule has 1 unspecified atom stereocenters. The van der Waals surface area contributed by atoms with Gasteiger partial charge in [-0.15, -0.1) is 0 Å². The standard InChI is InChI=1S/C18H30O4/c1-2-3-4-5-6-7-8-9-10-11-12-13-14-16(18(21)22)15-17(19)20/h10-13,16H,2-9,14-15H2,1H3,(H,19,20)(H,21,22)/b11-10+,13-12+. The molecule has 0 aliphatic carbocycles. The number of rotatable bonds is 14. The van der Waals surface area contributed by atoms with Crippen LogP contribution >= 0.6 is 0 Å². The van der Waals surface area contributed by atoms with E-state index in [1.165, 1.54) is 44.9 Å². The summed E-state index contributed by atoms with van der Waals surface area (Å²) in [5.41, 5.74) is 0. The fourth-order valence-corrected chi connectivity index (χ4v) is 2.20. The Morgan fingerprint density at radius 1 is 0.909 bits per heavy atom. The van der Waals surface area contributed by atoms with Gasteiger partial charge in [0.05, 0.1) is 12.3 Å². The van der Waals surface area contributed by atoms with Gasteiger partial charge >= 0.3 is 11.9 Å². The molecule has 0 rings (SSSR count). The predicted octanol–water partition coefficient (Wildman–Crippen LogP) is 4.81. The lowest BCUT2D eigenvalue weighted by Crippen LogP contribution is -2.16. The van der Waals surface area contributed by atoms with Gasteiger partial charge in [-0.1, -0.05) is 69.8 Å². The SMILES string of the molecule is CCCCCCCCC/C=C/C=C/CC(CC(=O)O)C(=O)O. The Kier molecular flexibility index (Phi) is 13.3. The van der Waals surface area contributed by atoms with Crippen molar-refractivity contribution in [3.8, 4) is 0 Å². The summed E-state index contributed by atoms with van der Waals surface area (Å²) in [7, 11) is 0. The van der Waals surface area contributed by atoms with Crippen LogP contribution < -0.4 is 0 Å². The van der Waals surface area contributed by atoms with E-state index in [0.717, 1.165) is 6.42 Å². The molecular weight excluding hydrogens is 280 g/mol. The topological polar surface area (TPSA) is 74.6 Å². The summed E-state index contributed by atoms with van der Waals surface area (Å²) in [6.07, 6.45) is 17.5. The van der Waals surface area contributed by atoms with Crippen molar-refractivity contribution in [2.24, 2.45) is 5.92 Å². The molecule has 0 spiro atoms. The van der Waals surface area contributed by atoms with Crippen LogP contribution in [-0.2, 0) is 9.59 Å². The molecule has 4 nitrogen and oxygen atoms in total. The van der Waals surface area contributed by atoms with Crippen molar-refractivity contribution in [2.45, 2.75) is 71.1 Å². The molecule has 0 saturated carbocycles. The molecular formula is C18H30O4. The Balaban J connectivity index is 3.66. The third kappa shape index (κ3) is 13.4. The maximum atomic E-state index is 10.9.